The van der Waals surface area contributed by atoms with Crippen molar-refractivity contribution in [2.24, 2.45) is 0 Å². The van der Waals surface area contributed by atoms with Crippen molar-refractivity contribution >= 4 is 27.7 Å². The molecule has 0 aliphatic carbocycles. The Morgan fingerprint density at radius 3 is 2.67 bits per heavy atom. The first-order valence-corrected chi connectivity index (χ1v) is 6.50. The summed E-state index contributed by atoms with van der Waals surface area (Å²) in [6.07, 6.45) is -0.0157. The Balaban J connectivity index is 2.82. The van der Waals surface area contributed by atoms with Gasteiger partial charge in [0.2, 0.25) is 0 Å². The molecule has 0 bridgehead atoms. The maximum absolute atomic E-state index is 11.7. The number of benzene rings is 1. The number of nitrogens with one attached hydrogen (secondary N) is 1. The molecule has 5 heteroatoms. The third-order valence-corrected chi connectivity index (χ3v) is 2.58. The molecule has 0 aliphatic heterocycles. The molecule has 0 heterocycles. The highest BCUT2D eigenvalue weighted by Gasteiger charge is 2.17. The van der Waals surface area contributed by atoms with Gasteiger partial charge in [-0.3, -0.25) is 5.32 Å². The number of aliphatic hydroxyl groups is 1. The zero-order chi connectivity index (χ0) is 13.8. The summed E-state index contributed by atoms with van der Waals surface area (Å²) in [4.78, 5) is 11.7. The molecule has 0 unspecified atom stereocenters. The van der Waals surface area contributed by atoms with Gasteiger partial charge < -0.3 is 9.84 Å². The van der Waals surface area contributed by atoms with E-state index in [0.717, 1.165) is 10.0 Å². The highest BCUT2D eigenvalue weighted by atomic mass is 79.9. The number of hydrogen-bond acceptors (Lipinski definition) is 3. The predicted octanol–water partition coefficient (Wildman–Crippen LogP) is 3.33. The van der Waals surface area contributed by atoms with Crippen LogP contribution in [0.25, 0.3) is 0 Å². The van der Waals surface area contributed by atoms with Crippen LogP contribution in [0, 0.1) is 0 Å². The third-order valence-electron chi connectivity index (χ3n) is 2.09. The van der Waals surface area contributed by atoms with Crippen LogP contribution in [0.4, 0.5) is 10.5 Å². The minimum atomic E-state index is -0.534. The van der Waals surface area contributed by atoms with Crippen LogP contribution in [0.1, 0.15) is 26.3 Å². The van der Waals surface area contributed by atoms with Crippen LogP contribution in [-0.2, 0) is 11.2 Å². The minimum absolute atomic E-state index is 0.0324. The van der Waals surface area contributed by atoms with Gasteiger partial charge >= 0.3 is 6.09 Å². The van der Waals surface area contributed by atoms with Crippen molar-refractivity contribution in [3.63, 3.8) is 0 Å². The van der Waals surface area contributed by atoms with Gasteiger partial charge in [-0.05, 0) is 44.9 Å². The average molecular weight is 316 g/mol. The van der Waals surface area contributed by atoms with Crippen molar-refractivity contribution < 1.29 is 14.6 Å². The predicted molar refractivity (Wildman–Crippen MR) is 74.8 cm³/mol. The van der Waals surface area contributed by atoms with Gasteiger partial charge in [-0.15, -0.1) is 0 Å². The fraction of sp³-hybridized carbons (Fsp3) is 0.462. The van der Waals surface area contributed by atoms with E-state index in [9.17, 15) is 4.79 Å². The van der Waals surface area contributed by atoms with Crippen LogP contribution in [0.3, 0.4) is 0 Å². The Hall–Kier alpha value is -1.07. The lowest BCUT2D eigenvalue weighted by atomic mass is 10.1. The van der Waals surface area contributed by atoms with Gasteiger partial charge in [0.15, 0.2) is 0 Å². The fourth-order valence-electron chi connectivity index (χ4n) is 1.42. The van der Waals surface area contributed by atoms with E-state index in [4.69, 9.17) is 9.84 Å². The zero-order valence-electron chi connectivity index (χ0n) is 10.8. The molecule has 0 radical (unpaired) electrons. The first-order valence-electron chi connectivity index (χ1n) is 5.71. The van der Waals surface area contributed by atoms with Gasteiger partial charge in [-0.2, -0.15) is 0 Å². The first-order chi connectivity index (χ1) is 8.31. The molecule has 1 amide bonds. The number of aliphatic hydroxyl groups excluding tert-OH is 1. The molecular weight excluding hydrogens is 298 g/mol. The van der Waals surface area contributed by atoms with Gasteiger partial charge in [-0.1, -0.05) is 22.0 Å². The molecule has 2 N–H and O–H groups in total. The lowest BCUT2D eigenvalue weighted by molar-refractivity contribution is 0.0635. The summed E-state index contributed by atoms with van der Waals surface area (Å²) < 4.78 is 6.04. The SMILES string of the molecule is CC(C)(C)OC(=O)Nc1cc(Br)ccc1CCO. The van der Waals surface area contributed by atoms with E-state index in [1.165, 1.54) is 0 Å². The van der Waals surface area contributed by atoms with Crippen molar-refractivity contribution in [1.82, 2.24) is 0 Å². The number of hydrogen-bond donors (Lipinski definition) is 2. The Morgan fingerprint density at radius 2 is 2.11 bits per heavy atom. The molecule has 0 saturated carbocycles. The second-order valence-electron chi connectivity index (χ2n) is 4.90. The van der Waals surface area contributed by atoms with Gasteiger partial charge in [0.1, 0.15) is 5.60 Å². The van der Waals surface area contributed by atoms with Crippen molar-refractivity contribution in [3.8, 4) is 0 Å². The molecule has 1 rings (SSSR count). The summed E-state index contributed by atoms with van der Waals surface area (Å²) >= 11 is 3.34. The average Bonchev–Trinajstić information content (AvgIpc) is 2.19. The van der Waals surface area contributed by atoms with Crippen LogP contribution in [0.5, 0.6) is 0 Å². The van der Waals surface area contributed by atoms with Gasteiger partial charge in [-0.25, -0.2) is 4.79 Å². The zero-order valence-corrected chi connectivity index (χ0v) is 12.4. The van der Waals surface area contributed by atoms with E-state index in [1.807, 2.05) is 32.9 Å². The van der Waals surface area contributed by atoms with E-state index in [0.29, 0.717) is 12.1 Å². The number of carbonyl (C=O) groups excluding carboxylic acids is 1. The van der Waals surface area contributed by atoms with Crippen molar-refractivity contribution in [3.05, 3.63) is 28.2 Å². The summed E-state index contributed by atoms with van der Waals surface area (Å²) in [6, 6.07) is 5.51. The van der Waals surface area contributed by atoms with E-state index in [2.05, 4.69) is 21.2 Å². The van der Waals surface area contributed by atoms with Crippen molar-refractivity contribution in [2.45, 2.75) is 32.8 Å². The molecule has 0 atom stereocenters. The molecule has 0 aromatic heterocycles. The number of rotatable bonds is 3. The lowest BCUT2D eigenvalue weighted by Crippen LogP contribution is -2.27. The molecule has 1 aromatic rings. The monoisotopic (exact) mass is 315 g/mol. The summed E-state index contributed by atoms with van der Waals surface area (Å²) in [5, 5.41) is 11.7. The first kappa shape index (κ1) is 15.0. The Kier molecular flexibility index (Phi) is 5.16. The highest BCUT2D eigenvalue weighted by molar-refractivity contribution is 9.10. The number of carbonyl (C=O) groups is 1. The molecule has 1 aromatic carbocycles. The molecule has 0 spiro atoms. The van der Waals surface area contributed by atoms with E-state index >= 15 is 0 Å². The minimum Gasteiger partial charge on any atom is -0.444 e. The summed E-state index contributed by atoms with van der Waals surface area (Å²) in [7, 11) is 0. The topological polar surface area (TPSA) is 58.6 Å². The fourth-order valence-corrected chi connectivity index (χ4v) is 1.78. The number of anilines is 1. The van der Waals surface area contributed by atoms with Gasteiger partial charge in [0.05, 0.1) is 0 Å². The maximum Gasteiger partial charge on any atom is 0.412 e. The number of ether oxygens (including phenoxy) is 1. The standard InChI is InChI=1S/C13H18BrNO3/c1-13(2,3)18-12(17)15-11-8-10(14)5-4-9(11)6-7-16/h4-5,8,16H,6-7H2,1-3H3,(H,15,17). The maximum atomic E-state index is 11.7. The van der Waals surface area contributed by atoms with Crippen LogP contribution >= 0.6 is 15.9 Å². The van der Waals surface area contributed by atoms with Crippen molar-refractivity contribution in [1.29, 1.82) is 0 Å². The quantitative estimate of drug-likeness (QED) is 0.899. The third kappa shape index (κ3) is 5.06. The Labute approximate surface area is 115 Å². The molecule has 0 saturated heterocycles. The van der Waals surface area contributed by atoms with Gasteiger partial charge in [0, 0.05) is 16.8 Å². The molecular formula is C13H18BrNO3. The van der Waals surface area contributed by atoms with Crippen LogP contribution < -0.4 is 5.32 Å². The Morgan fingerprint density at radius 1 is 1.44 bits per heavy atom. The molecule has 0 aliphatic rings. The molecule has 0 fully saturated rings. The normalized spacial score (nSPS) is 11.2. The molecule has 18 heavy (non-hydrogen) atoms. The second-order valence-corrected chi connectivity index (χ2v) is 5.82. The van der Waals surface area contributed by atoms with E-state index < -0.39 is 11.7 Å². The van der Waals surface area contributed by atoms with E-state index in [-0.39, 0.29) is 6.61 Å². The molecule has 100 valence electrons. The number of halogens is 1. The molecule has 4 nitrogen and oxygen atoms in total. The largest absolute Gasteiger partial charge is 0.444 e. The highest BCUT2D eigenvalue weighted by Crippen LogP contribution is 2.22. The van der Waals surface area contributed by atoms with Crippen LogP contribution in [0.15, 0.2) is 22.7 Å². The van der Waals surface area contributed by atoms with Crippen LogP contribution in [0.2, 0.25) is 0 Å². The van der Waals surface area contributed by atoms with E-state index in [1.54, 1.807) is 6.07 Å². The van der Waals surface area contributed by atoms with Gasteiger partial charge in [0.25, 0.3) is 0 Å². The number of amides is 1. The lowest BCUT2D eigenvalue weighted by Gasteiger charge is -2.20. The summed E-state index contributed by atoms with van der Waals surface area (Å²) in [6.45, 7) is 5.46. The Bertz CT molecular complexity index is 427. The smallest absolute Gasteiger partial charge is 0.412 e. The second kappa shape index (κ2) is 6.20. The summed E-state index contributed by atoms with van der Waals surface area (Å²) in [5.41, 5.74) is 0.979. The van der Waals surface area contributed by atoms with Crippen molar-refractivity contribution in [2.75, 3.05) is 11.9 Å². The summed E-state index contributed by atoms with van der Waals surface area (Å²) in [5.74, 6) is 0. The van der Waals surface area contributed by atoms with Crippen LogP contribution in [-0.4, -0.2) is 23.4 Å².